The molecule has 0 aliphatic carbocycles. The molecule has 1 rings (SSSR count). The van der Waals surface area contributed by atoms with Gasteiger partial charge < -0.3 is 20.3 Å². The van der Waals surface area contributed by atoms with Gasteiger partial charge in [0.2, 0.25) is 0 Å². The van der Waals surface area contributed by atoms with Crippen LogP contribution in [0.3, 0.4) is 0 Å². The Balaban J connectivity index is 0.00000625. The van der Waals surface area contributed by atoms with E-state index < -0.39 is 0 Å². The van der Waals surface area contributed by atoms with Gasteiger partial charge in [-0.3, -0.25) is 4.99 Å². The predicted octanol–water partition coefficient (Wildman–Crippen LogP) is 3.74. The number of nitrogens with zero attached hydrogens (tertiary/aromatic N) is 2. The van der Waals surface area contributed by atoms with E-state index in [4.69, 9.17) is 4.74 Å². The lowest BCUT2D eigenvalue weighted by Crippen LogP contribution is -2.37. The third kappa shape index (κ3) is 12.4. The van der Waals surface area contributed by atoms with Crippen molar-refractivity contribution in [2.75, 3.05) is 40.8 Å². The molecule has 0 aliphatic rings. The van der Waals surface area contributed by atoms with Crippen LogP contribution in [0.4, 0.5) is 0 Å². The van der Waals surface area contributed by atoms with Crippen molar-refractivity contribution in [2.45, 2.75) is 39.7 Å². The molecule has 0 aliphatic heterocycles. The van der Waals surface area contributed by atoms with Crippen LogP contribution >= 0.6 is 24.0 Å². The summed E-state index contributed by atoms with van der Waals surface area (Å²) in [5.41, 5.74) is 1.21. The second kappa shape index (κ2) is 15.1. The van der Waals surface area contributed by atoms with Gasteiger partial charge in [0.25, 0.3) is 0 Å². The number of nitrogens with one attached hydrogen (secondary N) is 2. The van der Waals surface area contributed by atoms with Crippen LogP contribution in [-0.4, -0.2) is 51.7 Å². The summed E-state index contributed by atoms with van der Waals surface area (Å²) in [6.07, 6.45) is 3.44. The first-order valence-corrected chi connectivity index (χ1v) is 9.32. The third-order valence-electron chi connectivity index (χ3n) is 3.88. The van der Waals surface area contributed by atoms with Crippen molar-refractivity contribution in [3.8, 4) is 5.75 Å². The molecule has 0 radical (unpaired) electrons. The summed E-state index contributed by atoms with van der Waals surface area (Å²) in [5, 5.41) is 6.71. The van der Waals surface area contributed by atoms with E-state index in [1.54, 1.807) is 0 Å². The first-order chi connectivity index (χ1) is 12.0. The van der Waals surface area contributed by atoms with Crippen molar-refractivity contribution in [2.24, 2.45) is 10.9 Å². The van der Waals surface area contributed by atoms with Crippen molar-refractivity contribution in [1.82, 2.24) is 15.5 Å². The van der Waals surface area contributed by atoms with Crippen molar-refractivity contribution in [3.05, 3.63) is 29.8 Å². The molecule has 0 spiro atoms. The van der Waals surface area contributed by atoms with Gasteiger partial charge in [-0.2, -0.15) is 0 Å². The highest BCUT2D eigenvalue weighted by molar-refractivity contribution is 14.0. The van der Waals surface area contributed by atoms with Crippen molar-refractivity contribution in [3.63, 3.8) is 0 Å². The van der Waals surface area contributed by atoms with Gasteiger partial charge in [-0.15, -0.1) is 24.0 Å². The second-order valence-corrected chi connectivity index (χ2v) is 7.04. The Bertz CT molecular complexity index is 489. The quantitative estimate of drug-likeness (QED) is 0.221. The topological polar surface area (TPSA) is 48.9 Å². The number of hydrogen-bond donors (Lipinski definition) is 2. The Kier molecular flexibility index (Phi) is 14.5. The molecular formula is C20H37IN4O. The van der Waals surface area contributed by atoms with Crippen LogP contribution in [0.2, 0.25) is 0 Å². The smallest absolute Gasteiger partial charge is 0.191 e. The van der Waals surface area contributed by atoms with Gasteiger partial charge in [0.1, 0.15) is 5.75 Å². The largest absolute Gasteiger partial charge is 0.494 e. The number of benzene rings is 1. The lowest BCUT2D eigenvalue weighted by atomic mass is 10.1. The van der Waals surface area contributed by atoms with Crippen LogP contribution < -0.4 is 15.4 Å². The van der Waals surface area contributed by atoms with E-state index in [2.05, 4.69) is 60.6 Å². The number of hydrogen-bond acceptors (Lipinski definition) is 3. The molecule has 2 N–H and O–H groups in total. The number of rotatable bonds is 11. The van der Waals surface area contributed by atoms with E-state index in [9.17, 15) is 0 Å². The normalized spacial score (nSPS) is 11.4. The highest BCUT2D eigenvalue weighted by atomic mass is 127. The van der Waals surface area contributed by atoms with E-state index in [1.165, 1.54) is 12.0 Å². The maximum atomic E-state index is 5.76. The van der Waals surface area contributed by atoms with Crippen molar-refractivity contribution in [1.29, 1.82) is 0 Å². The molecule has 1 aromatic rings. The zero-order valence-corrected chi connectivity index (χ0v) is 19.4. The van der Waals surface area contributed by atoms with Gasteiger partial charge in [0.15, 0.2) is 5.96 Å². The standard InChI is InChI=1S/C20H36N4O.HI/c1-17(2)8-6-13-22-20(21-3)23-16-18-9-11-19(12-10-18)25-15-7-14-24(4)5;/h9-12,17H,6-8,13-16H2,1-5H3,(H2,21,22,23);1H. The Morgan fingerprint density at radius 3 is 2.38 bits per heavy atom. The summed E-state index contributed by atoms with van der Waals surface area (Å²) in [4.78, 5) is 6.44. The maximum Gasteiger partial charge on any atom is 0.191 e. The molecule has 0 heterocycles. The fourth-order valence-corrected chi connectivity index (χ4v) is 2.40. The average molecular weight is 476 g/mol. The van der Waals surface area contributed by atoms with Gasteiger partial charge in [-0.25, -0.2) is 0 Å². The monoisotopic (exact) mass is 476 g/mol. The van der Waals surface area contributed by atoms with Crippen LogP contribution in [0, 0.1) is 5.92 Å². The molecule has 0 saturated heterocycles. The van der Waals surface area contributed by atoms with Crippen LogP contribution in [-0.2, 0) is 6.54 Å². The Morgan fingerprint density at radius 2 is 1.81 bits per heavy atom. The lowest BCUT2D eigenvalue weighted by Gasteiger charge is -2.13. The SMILES string of the molecule is CN=C(NCCCC(C)C)NCc1ccc(OCCCN(C)C)cc1.I. The van der Waals surface area contributed by atoms with Gasteiger partial charge in [0, 0.05) is 26.7 Å². The van der Waals surface area contributed by atoms with E-state index in [0.29, 0.717) is 0 Å². The number of halogens is 1. The van der Waals surface area contributed by atoms with E-state index in [0.717, 1.165) is 56.7 Å². The van der Waals surface area contributed by atoms with Crippen LogP contribution in [0.5, 0.6) is 5.75 Å². The molecule has 0 amide bonds. The lowest BCUT2D eigenvalue weighted by molar-refractivity contribution is 0.281. The van der Waals surface area contributed by atoms with Crippen LogP contribution in [0.15, 0.2) is 29.3 Å². The second-order valence-electron chi connectivity index (χ2n) is 7.04. The fraction of sp³-hybridized carbons (Fsp3) is 0.650. The van der Waals surface area contributed by atoms with Gasteiger partial charge in [0.05, 0.1) is 6.61 Å². The Morgan fingerprint density at radius 1 is 1.12 bits per heavy atom. The maximum absolute atomic E-state index is 5.76. The van der Waals surface area contributed by atoms with Crippen LogP contribution in [0.1, 0.15) is 38.7 Å². The Hall–Kier alpha value is -1.02. The first-order valence-electron chi connectivity index (χ1n) is 9.32. The number of guanidine groups is 1. The highest BCUT2D eigenvalue weighted by Crippen LogP contribution is 2.12. The summed E-state index contributed by atoms with van der Waals surface area (Å²) < 4.78 is 5.76. The summed E-state index contributed by atoms with van der Waals surface area (Å²) >= 11 is 0. The average Bonchev–Trinajstić information content (AvgIpc) is 2.59. The molecule has 0 fully saturated rings. The molecule has 5 nitrogen and oxygen atoms in total. The summed E-state index contributed by atoms with van der Waals surface area (Å²) in [6.45, 7) is 8.02. The van der Waals surface area contributed by atoms with Gasteiger partial charge in [-0.1, -0.05) is 26.0 Å². The number of aliphatic imine (C=N–C) groups is 1. The predicted molar refractivity (Wildman–Crippen MR) is 123 cm³/mol. The van der Waals surface area contributed by atoms with Gasteiger partial charge in [-0.05, 0) is 57.0 Å². The molecular weight excluding hydrogens is 439 g/mol. The third-order valence-corrected chi connectivity index (χ3v) is 3.88. The van der Waals surface area contributed by atoms with Gasteiger partial charge >= 0.3 is 0 Å². The minimum atomic E-state index is 0. The summed E-state index contributed by atoms with van der Waals surface area (Å²) in [6, 6.07) is 8.26. The Labute approximate surface area is 177 Å². The fourth-order valence-electron chi connectivity index (χ4n) is 2.40. The minimum Gasteiger partial charge on any atom is -0.494 e. The molecule has 0 bridgehead atoms. The summed E-state index contributed by atoms with van der Waals surface area (Å²) in [5.74, 6) is 2.53. The zero-order chi connectivity index (χ0) is 18.5. The first kappa shape index (κ1) is 25.0. The molecule has 6 heteroatoms. The molecule has 26 heavy (non-hydrogen) atoms. The van der Waals surface area contributed by atoms with E-state index >= 15 is 0 Å². The molecule has 0 saturated carbocycles. The molecule has 150 valence electrons. The highest BCUT2D eigenvalue weighted by Gasteiger charge is 2.00. The van der Waals surface area contributed by atoms with Crippen molar-refractivity contribution >= 4 is 29.9 Å². The van der Waals surface area contributed by atoms with Crippen molar-refractivity contribution < 1.29 is 4.74 Å². The van der Waals surface area contributed by atoms with E-state index in [1.807, 2.05) is 19.2 Å². The molecule has 0 unspecified atom stereocenters. The van der Waals surface area contributed by atoms with E-state index in [-0.39, 0.29) is 24.0 Å². The van der Waals surface area contributed by atoms with Crippen LogP contribution in [0.25, 0.3) is 0 Å². The number of ether oxygens (including phenoxy) is 1. The zero-order valence-electron chi connectivity index (χ0n) is 17.0. The minimum absolute atomic E-state index is 0. The molecule has 1 aromatic carbocycles. The molecule has 0 aromatic heterocycles. The molecule has 0 atom stereocenters. The summed E-state index contributed by atoms with van der Waals surface area (Å²) in [7, 11) is 5.96.